The fourth-order valence-corrected chi connectivity index (χ4v) is 2.63. The van der Waals surface area contributed by atoms with Gasteiger partial charge in [-0.15, -0.1) is 4.40 Å². The average Bonchev–Trinajstić information content (AvgIpc) is 2.27. The summed E-state index contributed by atoms with van der Waals surface area (Å²) in [5.74, 6) is 0. The molecule has 1 rings (SSSR count). The SMILES string of the molecule is CCc1ccc(Cl)c(S(=O)(=O)N=CN(C)C)c1. The fourth-order valence-electron chi connectivity index (χ4n) is 1.18. The zero-order chi connectivity index (χ0) is 13.1. The standard InChI is InChI=1S/C11H15ClN2O2S/c1-4-9-5-6-10(12)11(7-9)17(15,16)13-8-14(2)3/h5-8H,4H2,1-3H3. The minimum Gasteiger partial charge on any atom is -0.368 e. The van der Waals surface area contributed by atoms with Crippen molar-refractivity contribution < 1.29 is 8.42 Å². The quantitative estimate of drug-likeness (QED) is 0.625. The van der Waals surface area contributed by atoms with Crippen molar-refractivity contribution in [2.24, 2.45) is 4.40 Å². The van der Waals surface area contributed by atoms with Crippen LogP contribution in [0.25, 0.3) is 0 Å². The van der Waals surface area contributed by atoms with E-state index in [9.17, 15) is 8.42 Å². The van der Waals surface area contributed by atoms with Crippen LogP contribution < -0.4 is 0 Å². The van der Waals surface area contributed by atoms with Crippen LogP contribution in [0.5, 0.6) is 0 Å². The van der Waals surface area contributed by atoms with Crippen molar-refractivity contribution in [3.05, 3.63) is 28.8 Å². The molecule has 6 heteroatoms. The van der Waals surface area contributed by atoms with E-state index < -0.39 is 10.0 Å². The Morgan fingerprint density at radius 3 is 2.59 bits per heavy atom. The Kier molecular flexibility index (Phi) is 4.54. The first-order valence-electron chi connectivity index (χ1n) is 5.12. The molecule has 94 valence electrons. The van der Waals surface area contributed by atoms with E-state index in [4.69, 9.17) is 11.6 Å². The van der Waals surface area contributed by atoms with E-state index in [0.29, 0.717) is 0 Å². The molecule has 0 radical (unpaired) electrons. The molecule has 4 nitrogen and oxygen atoms in total. The fraction of sp³-hybridized carbons (Fsp3) is 0.364. The summed E-state index contributed by atoms with van der Waals surface area (Å²) >= 11 is 5.89. The lowest BCUT2D eigenvalue weighted by Gasteiger charge is -2.06. The molecule has 0 aliphatic carbocycles. The molecule has 0 atom stereocenters. The van der Waals surface area contributed by atoms with Gasteiger partial charge in [0, 0.05) is 14.1 Å². The lowest BCUT2D eigenvalue weighted by molar-refractivity contribution is 0.594. The summed E-state index contributed by atoms with van der Waals surface area (Å²) in [6.07, 6.45) is 1.99. The predicted molar refractivity (Wildman–Crippen MR) is 70.2 cm³/mol. The Balaban J connectivity index is 3.23. The highest BCUT2D eigenvalue weighted by Crippen LogP contribution is 2.24. The van der Waals surface area contributed by atoms with Crippen molar-refractivity contribution in [2.45, 2.75) is 18.2 Å². The van der Waals surface area contributed by atoms with Crippen LogP contribution in [0.2, 0.25) is 5.02 Å². The number of hydrogen-bond acceptors (Lipinski definition) is 2. The third kappa shape index (κ3) is 3.71. The van der Waals surface area contributed by atoms with Gasteiger partial charge in [-0.1, -0.05) is 24.6 Å². The highest BCUT2D eigenvalue weighted by molar-refractivity contribution is 7.90. The third-order valence-electron chi connectivity index (χ3n) is 2.10. The monoisotopic (exact) mass is 274 g/mol. The van der Waals surface area contributed by atoms with Crippen LogP contribution in [0.15, 0.2) is 27.5 Å². The van der Waals surface area contributed by atoms with Crippen LogP contribution >= 0.6 is 11.6 Å². The van der Waals surface area contributed by atoms with Gasteiger partial charge in [0.25, 0.3) is 10.0 Å². The topological polar surface area (TPSA) is 49.7 Å². The summed E-state index contributed by atoms with van der Waals surface area (Å²) in [5.41, 5.74) is 0.910. The summed E-state index contributed by atoms with van der Waals surface area (Å²) < 4.78 is 27.4. The second kappa shape index (κ2) is 5.51. The number of hydrogen-bond donors (Lipinski definition) is 0. The summed E-state index contributed by atoms with van der Waals surface area (Å²) in [6, 6.07) is 4.94. The molecule has 0 fully saturated rings. The number of benzene rings is 1. The van der Waals surface area contributed by atoms with E-state index in [2.05, 4.69) is 4.40 Å². The van der Waals surface area contributed by atoms with E-state index in [0.717, 1.165) is 12.0 Å². The van der Waals surface area contributed by atoms with E-state index in [1.54, 1.807) is 37.2 Å². The molecule has 0 aliphatic heterocycles. The lowest BCUT2D eigenvalue weighted by Crippen LogP contribution is -2.10. The number of sulfonamides is 1. The van der Waals surface area contributed by atoms with Crippen LogP contribution in [0.4, 0.5) is 0 Å². The first-order valence-corrected chi connectivity index (χ1v) is 6.94. The normalized spacial score (nSPS) is 12.0. The Bertz CT molecular complexity index is 524. The summed E-state index contributed by atoms with van der Waals surface area (Å²) in [7, 11) is -0.328. The Labute approximate surface area is 107 Å². The molecule has 0 saturated carbocycles. The van der Waals surface area contributed by atoms with Gasteiger partial charge in [-0.25, -0.2) is 0 Å². The van der Waals surface area contributed by atoms with Gasteiger partial charge in [-0.3, -0.25) is 0 Å². The van der Waals surface area contributed by atoms with Crippen LogP contribution in [0, 0.1) is 0 Å². The van der Waals surface area contributed by atoms with Crippen LogP contribution in [0.3, 0.4) is 0 Å². The van der Waals surface area contributed by atoms with E-state index in [1.165, 1.54) is 6.34 Å². The van der Waals surface area contributed by atoms with Gasteiger partial charge in [0.1, 0.15) is 11.2 Å². The number of rotatable bonds is 4. The molecular weight excluding hydrogens is 260 g/mol. The average molecular weight is 275 g/mol. The second-order valence-corrected chi connectivity index (χ2v) is 5.79. The molecule has 0 heterocycles. The molecular formula is C11H15ClN2O2S. The molecule has 0 aliphatic rings. The summed E-state index contributed by atoms with van der Waals surface area (Å²) in [5, 5.41) is 0.193. The van der Waals surface area contributed by atoms with Gasteiger partial charge in [0.15, 0.2) is 0 Å². The number of aryl methyl sites for hydroxylation is 1. The molecule has 0 saturated heterocycles. The molecule has 1 aromatic carbocycles. The minimum atomic E-state index is -3.72. The van der Waals surface area contributed by atoms with E-state index in [-0.39, 0.29) is 9.92 Å². The van der Waals surface area contributed by atoms with Crippen LogP contribution in [-0.2, 0) is 16.4 Å². The van der Waals surface area contributed by atoms with Gasteiger partial charge in [-0.2, -0.15) is 8.42 Å². The largest absolute Gasteiger partial charge is 0.368 e. The molecule has 0 amide bonds. The van der Waals surface area contributed by atoms with Crippen molar-refractivity contribution in [2.75, 3.05) is 14.1 Å². The van der Waals surface area contributed by atoms with Gasteiger partial charge in [0.2, 0.25) is 0 Å². The molecule has 0 spiro atoms. The number of nitrogens with zero attached hydrogens (tertiary/aromatic N) is 2. The Hall–Kier alpha value is -1.07. The summed E-state index contributed by atoms with van der Waals surface area (Å²) in [6.45, 7) is 1.95. The van der Waals surface area contributed by atoms with Crippen molar-refractivity contribution in [1.29, 1.82) is 0 Å². The first kappa shape index (κ1) is 14.0. The van der Waals surface area contributed by atoms with Crippen LogP contribution in [-0.4, -0.2) is 33.8 Å². The minimum absolute atomic E-state index is 0.0524. The molecule has 0 N–H and O–H groups in total. The van der Waals surface area contributed by atoms with Gasteiger partial charge < -0.3 is 4.90 Å². The summed E-state index contributed by atoms with van der Waals surface area (Å²) in [4.78, 5) is 1.60. The van der Waals surface area contributed by atoms with Gasteiger partial charge in [-0.05, 0) is 24.1 Å². The molecule has 0 unspecified atom stereocenters. The highest BCUT2D eigenvalue weighted by Gasteiger charge is 2.16. The van der Waals surface area contributed by atoms with Gasteiger partial charge in [0.05, 0.1) is 5.02 Å². The Morgan fingerprint density at radius 1 is 1.41 bits per heavy atom. The second-order valence-electron chi connectivity index (χ2n) is 3.78. The van der Waals surface area contributed by atoms with Crippen molar-refractivity contribution in [1.82, 2.24) is 4.90 Å². The molecule has 0 aromatic heterocycles. The maximum Gasteiger partial charge on any atom is 0.285 e. The predicted octanol–water partition coefficient (Wildman–Crippen LogP) is 2.18. The van der Waals surface area contributed by atoms with Crippen molar-refractivity contribution >= 4 is 28.0 Å². The Morgan fingerprint density at radius 2 is 2.06 bits per heavy atom. The molecule has 0 bridgehead atoms. The highest BCUT2D eigenvalue weighted by atomic mass is 35.5. The number of halogens is 1. The molecule has 1 aromatic rings. The van der Waals surface area contributed by atoms with Crippen molar-refractivity contribution in [3.63, 3.8) is 0 Å². The van der Waals surface area contributed by atoms with Crippen molar-refractivity contribution in [3.8, 4) is 0 Å². The lowest BCUT2D eigenvalue weighted by atomic mass is 10.2. The van der Waals surface area contributed by atoms with E-state index >= 15 is 0 Å². The van der Waals surface area contributed by atoms with Gasteiger partial charge >= 0.3 is 0 Å². The molecule has 17 heavy (non-hydrogen) atoms. The maximum atomic E-state index is 11.9. The maximum absolute atomic E-state index is 11.9. The third-order valence-corrected chi connectivity index (χ3v) is 3.81. The zero-order valence-electron chi connectivity index (χ0n) is 10.0. The smallest absolute Gasteiger partial charge is 0.285 e. The van der Waals surface area contributed by atoms with E-state index in [1.807, 2.05) is 6.92 Å². The van der Waals surface area contributed by atoms with Crippen LogP contribution in [0.1, 0.15) is 12.5 Å². The zero-order valence-corrected chi connectivity index (χ0v) is 11.6. The first-order chi connectivity index (χ1) is 7.86.